The van der Waals surface area contributed by atoms with Crippen molar-refractivity contribution in [2.24, 2.45) is 10.5 Å². The summed E-state index contributed by atoms with van der Waals surface area (Å²) < 4.78 is 0. The van der Waals surface area contributed by atoms with Crippen molar-refractivity contribution in [1.29, 1.82) is 0 Å². The maximum absolute atomic E-state index is 4.62. The van der Waals surface area contributed by atoms with Gasteiger partial charge in [-0.15, -0.1) is 0 Å². The van der Waals surface area contributed by atoms with E-state index >= 15 is 0 Å². The first-order chi connectivity index (χ1) is 8.38. The second-order valence-corrected chi connectivity index (χ2v) is 6.74. The van der Waals surface area contributed by atoms with Crippen molar-refractivity contribution in [2.45, 2.75) is 79.4 Å². The van der Waals surface area contributed by atoms with E-state index in [1.165, 1.54) is 25.7 Å². The molecule has 0 fully saturated rings. The second-order valence-electron chi connectivity index (χ2n) is 6.74. The van der Waals surface area contributed by atoms with Gasteiger partial charge in [0.15, 0.2) is 0 Å². The lowest BCUT2D eigenvalue weighted by Gasteiger charge is -2.41. The fourth-order valence-corrected chi connectivity index (χ4v) is 2.60. The first-order valence-electron chi connectivity index (χ1n) is 7.46. The monoisotopic (exact) mass is 253 g/mol. The van der Waals surface area contributed by atoms with Gasteiger partial charge in [-0.3, -0.25) is 5.01 Å². The molecule has 0 amide bonds. The molecule has 1 unspecified atom stereocenters. The van der Waals surface area contributed by atoms with Crippen molar-refractivity contribution in [1.82, 2.24) is 9.91 Å². The van der Waals surface area contributed by atoms with Gasteiger partial charge in [0.05, 0.1) is 0 Å². The molecule has 18 heavy (non-hydrogen) atoms. The Labute approximate surface area is 113 Å². The third-order valence-electron chi connectivity index (χ3n) is 3.51. The Morgan fingerprint density at radius 3 is 2.33 bits per heavy atom. The molecule has 0 bridgehead atoms. The van der Waals surface area contributed by atoms with Crippen molar-refractivity contribution in [3.05, 3.63) is 0 Å². The molecular weight excluding hydrogens is 222 g/mol. The highest BCUT2D eigenvalue weighted by Crippen LogP contribution is 2.31. The third-order valence-corrected chi connectivity index (χ3v) is 3.51. The van der Waals surface area contributed by atoms with Gasteiger partial charge in [0.1, 0.15) is 12.5 Å². The van der Waals surface area contributed by atoms with Gasteiger partial charge in [0, 0.05) is 18.0 Å². The Kier molecular flexibility index (Phi) is 5.48. The predicted octanol–water partition coefficient (Wildman–Crippen LogP) is 3.91. The number of nitrogens with zero attached hydrogens (tertiary/aromatic N) is 3. The summed E-state index contributed by atoms with van der Waals surface area (Å²) in [4.78, 5) is 2.39. The normalized spacial score (nSPS) is 20.3. The number of unbranched alkanes of at least 4 members (excludes halogenated alkanes) is 3. The minimum atomic E-state index is 0.228. The Balaban J connectivity index is 2.59. The van der Waals surface area contributed by atoms with Crippen LogP contribution in [0, 0.1) is 5.41 Å². The van der Waals surface area contributed by atoms with Gasteiger partial charge in [-0.1, -0.05) is 47.0 Å². The molecule has 1 heterocycles. The van der Waals surface area contributed by atoms with E-state index < -0.39 is 0 Å². The van der Waals surface area contributed by atoms with Crippen molar-refractivity contribution in [3.8, 4) is 0 Å². The summed E-state index contributed by atoms with van der Waals surface area (Å²) in [5.74, 6) is 0. The van der Waals surface area contributed by atoms with Gasteiger partial charge in [-0.05, 0) is 20.3 Å². The molecule has 106 valence electrons. The number of hydrazone groups is 1. The zero-order valence-corrected chi connectivity index (χ0v) is 13.1. The van der Waals surface area contributed by atoms with Crippen molar-refractivity contribution in [3.63, 3.8) is 0 Å². The summed E-state index contributed by atoms with van der Waals surface area (Å²) in [5, 5.41) is 6.91. The molecule has 0 spiro atoms. The number of hydrogen-bond donors (Lipinski definition) is 0. The van der Waals surface area contributed by atoms with Crippen molar-refractivity contribution < 1.29 is 0 Å². The Bertz CT molecular complexity index is 265. The quantitative estimate of drug-likeness (QED) is 0.668. The molecule has 1 rings (SSSR count). The molecule has 1 aliphatic rings. The summed E-state index contributed by atoms with van der Waals surface area (Å²) in [6, 6.07) is 0.513. The zero-order chi connectivity index (χ0) is 13.8. The first kappa shape index (κ1) is 15.3. The average Bonchev–Trinajstić information content (AvgIpc) is 2.68. The molecule has 3 nitrogen and oxygen atoms in total. The van der Waals surface area contributed by atoms with Gasteiger partial charge in [-0.25, -0.2) is 0 Å². The topological polar surface area (TPSA) is 18.8 Å². The van der Waals surface area contributed by atoms with Crippen LogP contribution in [-0.4, -0.2) is 35.0 Å². The molecule has 1 aliphatic heterocycles. The maximum Gasteiger partial charge on any atom is 0.124 e. The van der Waals surface area contributed by atoms with Gasteiger partial charge in [0.2, 0.25) is 0 Å². The summed E-state index contributed by atoms with van der Waals surface area (Å²) in [5.41, 5.74) is 0.228. The summed E-state index contributed by atoms with van der Waals surface area (Å²) >= 11 is 0. The van der Waals surface area contributed by atoms with E-state index in [9.17, 15) is 0 Å². The summed E-state index contributed by atoms with van der Waals surface area (Å²) in [6.07, 6.45) is 7.64. The Morgan fingerprint density at radius 1 is 1.17 bits per heavy atom. The smallest absolute Gasteiger partial charge is 0.124 e. The van der Waals surface area contributed by atoms with E-state index in [1.807, 2.05) is 6.34 Å². The summed E-state index contributed by atoms with van der Waals surface area (Å²) in [6.45, 7) is 14.7. The highest BCUT2D eigenvalue weighted by molar-refractivity contribution is 5.57. The van der Waals surface area contributed by atoms with Crippen LogP contribution in [0.25, 0.3) is 0 Å². The van der Waals surface area contributed by atoms with E-state index in [0.717, 1.165) is 6.54 Å². The Morgan fingerprint density at radius 2 is 1.83 bits per heavy atom. The second kappa shape index (κ2) is 6.44. The van der Waals surface area contributed by atoms with Gasteiger partial charge >= 0.3 is 0 Å². The van der Waals surface area contributed by atoms with Crippen LogP contribution in [0.1, 0.15) is 67.2 Å². The molecule has 0 aromatic heterocycles. The molecular formula is C15H31N3. The highest BCUT2D eigenvalue weighted by atomic mass is 15.6. The molecule has 0 aromatic rings. The molecule has 3 heteroatoms. The molecule has 0 aromatic carbocycles. The first-order valence-corrected chi connectivity index (χ1v) is 7.46. The largest absolute Gasteiger partial charge is 0.336 e. The molecule has 0 radical (unpaired) electrons. The lowest BCUT2D eigenvalue weighted by molar-refractivity contribution is 0.0226. The van der Waals surface area contributed by atoms with Crippen LogP contribution in [0.4, 0.5) is 0 Å². The highest BCUT2D eigenvalue weighted by Gasteiger charge is 2.38. The zero-order valence-electron chi connectivity index (χ0n) is 13.1. The molecule has 1 atom stereocenters. The van der Waals surface area contributed by atoms with Crippen LogP contribution < -0.4 is 0 Å². The van der Waals surface area contributed by atoms with E-state index in [-0.39, 0.29) is 5.41 Å². The maximum atomic E-state index is 4.62. The molecule has 0 saturated carbocycles. The Hall–Kier alpha value is -0.730. The summed E-state index contributed by atoms with van der Waals surface area (Å²) in [7, 11) is 0. The lowest BCUT2D eigenvalue weighted by atomic mass is 9.90. The van der Waals surface area contributed by atoms with Crippen LogP contribution in [0.15, 0.2) is 5.10 Å². The minimum absolute atomic E-state index is 0.228. The minimum Gasteiger partial charge on any atom is -0.336 e. The van der Waals surface area contributed by atoms with Crippen LogP contribution >= 0.6 is 0 Å². The van der Waals surface area contributed by atoms with Gasteiger partial charge < -0.3 is 4.90 Å². The predicted molar refractivity (Wildman–Crippen MR) is 79.6 cm³/mol. The molecule has 0 N–H and O–H groups in total. The van der Waals surface area contributed by atoms with E-state index in [2.05, 4.69) is 56.6 Å². The van der Waals surface area contributed by atoms with Gasteiger partial charge in [0.25, 0.3) is 0 Å². The number of rotatable bonds is 6. The van der Waals surface area contributed by atoms with E-state index in [4.69, 9.17) is 0 Å². The average molecular weight is 253 g/mol. The number of hydrogen-bond acceptors (Lipinski definition) is 3. The van der Waals surface area contributed by atoms with Crippen molar-refractivity contribution in [2.75, 3.05) is 6.54 Å². The fourth-order valence-electron chi connectivity index (χ4n) is 2.60. The van der Waals surface area contributed by atoms with Crippen molar-refractivity contribution >= 4 is 6.34 Å². The third kappa shape index (κ3) is 3.89. The SMILES string of the molecule is CCCCCCN1N=CN(C(C)C)C1C(C)(C)C. The van der Waals surface area contributed by atoms with Crippen LogP contribution in [0.3, 0.4) is 0 Å². The lowest BCUT2D eigenvalue weighted by Crippen LogP contribution is -2.51. The molecule has 0 aliphatic carbocycles. The van der Waals surface area contributed by atoms with Crippen LogP contribution in [0.5, 0.6) is 0 Å². The van der Waals surface area contributed by atoms with Crippen LogP contribution in [0.2, 0.25) is 0 Å². The van der Waals surface area contributed by atoms with E-state index in [0.29, 0.717) is 12.2 Å². The van der Waals surface area contributed by atoms with Crippen LogP contribution in [-0.2, 0) is 0 Å². The van der Waals surface area contributed by atoms with Gasteiger partial charge in [-0.2, -0.15) is 5.10 Å². The van der Waals surface area contributed by atoms with E-state index in [1.54, 1.807) is 0 Å². The standard InChI is InChI=1S/C15H31N3/c1-7-8-9-10-11-18-14(15(4,5)6)17(12-16-18)13(2)3/h12-14H,7-11H2,1-6H3. The molecule has 0 saturated heterocycles. The fraction of sp³-hybridized carbons (Fsp3) is 0.933.